The standard InChI is InChI=1S/C47H30N2O/c1-3-15-36-31(11-1)13-9-19-37(36)33-23-25-35(26-24-33)49(44-21-7-5-17-40(44)39-20-10-14-32-12-2-4-16-38(32)39)45-30-48-29-34-27-43-41-18-6-8-22-46(41)50-47(43)28-42(34)45/h1-30H. The normalized spacial score (nSPS) is 11.6. The highest BCUT2D eigenvalue weighted by Crippen LogP contribution is 2.46. The first-order valence-electron chi connectivity index (χ1n) is 16.9. The summed E-state index contributed by atoms with van der Waals surface area (Å²) in [7, 11) is 0. The van der Waals surface area contributed by atoms with Crippen LogP contribution >= 0.6 is 0 Å². The molecule has 0 atom stereocenters. The van der Waals surface area contributed by atoms with Gasteiger partial charge in [-0.3, -0.25) is 4.98 Å². The van der Waals surface area contributed by atoms with E-state index < -0.39 is 0 Å². The first kappa shape index (κ1) is 28.3. The van der Waals surface area contributed by atoms with Crippen molar-refractivity contribution in [3.05, 3.63) is 182 Å². The van der Waals surface area contributed by atoms with Crippen LogP contribution in [-0.4, -0.2) is 4.98 Å². The molecule has 0 amide bonds. The molecule has 234 valence electrons. The maximum atomic E-state index is 6.41. The van der Waals surface area contributed by atoms with E-state index in [9.17, 15) is 0 Å². The third kappa shape index (κ3) is 4.56. The Labute approximate surface area is 289 Å². The van der Waals surface area contributed by atoms with Crippen molar-refractivity contribution in [3.8, 4) is 22.3 Å². The van der Waals surface area contributed by atoms with Gasteiger partial charge >= 0.3 is 0 Å². The highest BCUT2D eigenvalue weighted by atomic mass is 16.3. The minimum atomic E-state index is 0.861. The number of anilines is 3. The number of aromatic nitrogens is 1. The second kappa shape index (κ2) is 11.5. The van der Waals surface area contributed by atoms with E-state index in [-0.39, 0.29) is 0 Å². The van der Waals surface area contributed by atoms with Crippen LogP contribution in [-0.2, 0) is 0 Å². The Morgan fingerprint density at radius 2 is 1.00 bits per heavy atom. The summed E-state index contributed by atoms with van der Waals surface area (Å²) in [5.74, 6) is 0. The summed E-state index contributed by atoms with van der Waals surface area (Å²) in [4.78, 5) is 7.19. The molecule has 10 aromatic rings. The van der Waals surface area contributed by atoms with Crippen molar-refractivity contribution in [1.82, 2.24) is 4.98 Å². The van der Waals surface area contributed by atoms with Crippen LogP contribution in [0.15, 0.2) is 187 Å². The average Bonchev–Trinajstić information content (AvgIpc) is 3.55. The minimum absolute atomic E-state index is 0.861. The molecule has 0 radical (unpaired) electrons. The van der Waals surface area contributed by atoms with Crippen LogP contribution in [0, 0.1) is 0 Å². The van der Waals surface area contributed by atoms with Gasteiger partial charge in [0.05, 0.1) is 17.6 Å². The molecule has 0 N–H and O–H groups in total. The number of fused-ring (bicyclic) bond motifs is 6. The van der Waals surface area contributed by atoms with Crippen LogP contribution in [0.4, 0.5) is 17.1 Å². The number of rotatable bonds is 5. The van der Waals surface area contributed by atoms with Gasteiger partial charge in [0.2, 0.25) is 0 Å². The van der Waals surface area contributed by atoms with Crippen LogP contribution in [0.1, 0.15) is 0 Å². The predicted molar refractivity (Wildman–Crippen MR) is 210 cm³/mol. The molecule has 0 unspecified atom stereocenters. The van der Waals surface area contributed by atoms with E-state index in [1.54, 1.807) is 0 Å². The van der Waals surface area contributed by atoms with Gasteiger partial charge in [-0.25, -0.2) is 0 Å². The molecule has 0 aliphatic heterocycles. The number of pyridine rings is 1. The third-order valence-corrected chi connectivity index (χ3v) is 9.93. The molecule has 3 heteroatoms. The molecule has 0 saturated carbocycles. The van der Waals surface area contributed by atoms with Crippen molar-refractivity contribution >= 4 is 71.3 Å². The summed E-state index contributed by atoms with van der Waals surface area (Å²) in [6.07, 6.45) is 3.94. The van der Waals surface area contributed by atoms with Crippen LogP contribution in [0.25, 0.3) is 76.5 Å². The predicted octanol–water partition coefficient (Wildman–Crippen LogP) is 13.2. The molecule has 0 bridgehead atoms. The number of hydrogen-bond donors (Lipinski definition) is 0. The fourth-order valence-corrected chi connectivity index (χ4v) is 7.58. The Bertz CT molecular complexity index is 2870. The maximum absolute atomic E-state index is 6.41. The lowest BCUT2D eigenvalue weighted by Crippen LogP contribution is -2.12. The van der Waals surface area contributed by atoms with Gasteiger partial charge in [-0.2, -0.15) is 0 Å². The Balaban J connectivity index is 1.22. The van der Waals surface area contributed by atoms with E-state index in [0.29, 0.717) is 0 Å². The van der Waals surface area contributed by atoms with Crippen LogP contribution in [0.3, 0.4) is 0 Å². The van der Waals surface area contributed by atoms with Gasteiger partial charge in [0.1, 0.15) is 11.2 Å². The lowest BCUT2D eigenvalue weighted by molar-refractivity contribution is 0.669. The Morgan fingerprint density at radius 1 is 0.380 bits per heavy atom. The molecule has 2 aromatic heterocycles. The Hall–Kier alpha value is -6.71. The highest BCUT2D eigenvalue weighted by molar-refractivity contribution is 6.13. The van der Waals surface area contributed by atoms with Crippen molar-refractivity contribution in [2.24, 2.45) is 0 Å². The summed E-state index contributed by atoms with van der Waals surface area (Å²) < 4.78 is 6.41. The van der Waals surface area contributed by atoms with Crippen LogP contribution in [0.2, 0.25) is 0 Å². The van der Waals surface area contributed by atoms with Gasteiger partial charge in [-0.15, -0.1) is 0 Å². The second-order valence-electron chi connectivity index (χ2n) is 12.8. The zero-order valence-corrected chi connectivity index (χ0v) is 27.1. The molecule has 3 nitrogen and oxygen atoms in total. The van der Waals surface area contributed by atoms with Gasteiger partial charge in [-0.1, -0.05) is 133 Å². The zero-order valence-electron chi connectivity index (χ0n) is 27.1. The summed E-state index contributed by atoms with van der Waals surface area (Å²) >= 11 is 0. The third-order valence-electron chi connectivity index (χ3n) is 9.93. The number of hydrogen-bond acceptors (Lipinski definition) is 3. The molecular formula is C47H30N2O. The van der Waals surface area contributed by atoms with E-state index in [1.807, 2.05) is 24.5 Å². The van der Waals surface area contributed by atoms with Gasteiger partial charge in [0.25, 0.3) is 0 Å². The second-order valence-corrected chi connectivity index (χ2v) is 12.8. The van der Waals surface area contributed by atoms with Crippen molar-refractivity contribution in [3.63, 3.8) is 0 Å². The number of para-hydroxylation sites is 2. The number of benzene rings is 8. The topological polar surface area (TPSA) is 29.3 Å². The van der Waals surface area contributed by atoms with Crippen molar-refractivity contribution < 1.29 is 4.42 Å². The summed E-state index contributed by atoms with van der Waals surface area (Å²) in [6, 6.07) is 60.5. The van der Waals surface area contributed by atoms with E-state index in [2.05, 4.69) is 163 Å². The lowest BCUT2D eigenvalue weighted by atomic mass is 9.95. The Morgan fingerprint density at radius 3 is 1.80 bits per heavy atom. The van der Waals surface area contributed by atoms with Gasteiger partial charge < -0.3 is 9.32 Å². The lowest BCUT2D eigenvalue weighted by Gasteiger charge is -2.29. The molecule has 0 aliphatic rings. The van der Waals surface area contributed by atoms with E-state index in [1.165, 1.54) is 38.2 Å². The smallest absolute Gasteiger partial charge is 0.136 e. The van der Waals surface area contributed by atoms with Crippen molar-refractivity contribution in [2.45, 2.75) is 0 Å². The molecule has 8 aromatic carbocycles. The minimum Gasteiger partial charge on any atom is -0.456 e. The first-order valence-corrected chi connectivity index (χ1v) is 16.9. The van der Waals surface area contributed by atoms with Gasteiger partial charge in [-0.05, 0) is 74.6 Å². The van der Waals surface area contributed by atoms with Crippen LogP contribution in [0.5, 0.6) is 0 Å². The van der Waals surface area contributed by atoms with Gasteiger partial charge in [0, 0.05) is 39.0 Å². The number of nitrogens with zero attached hydrogens (tertiary/aromatic N) is 2. The first-order chi connectivity index (χ1) is 24.8. The highest BCUT2D eigenvalue weighted by Gasteiger charge is 2.21. The summed E-state index contributed by atoms with van der Waals surface area (Å²) in [6.45, 7) is 0. The van der Waals surface area contributed by atoms with Gasteiger partial charge in [0.15, 0.2) is 0 Å². The van der Waals surface area contributed by atoms with E-state index in [4.69, 9.17) is 9.40 Å². The fourth-order valence-electron chi connectivity index (χ4n) is 7.58. The van der Waals surface area contributed by atoms with Crippen LogP contribution < -0.4 is 4.90 Å². The molecule has 0 aliphatic carbocycles. The molecule has 0 saturated heterocycles. The average molecular weight is 639 g/mol. The molecular weight excluding hydrogens is 609 g/mol. The fraction of sp³-hybridized carbons (Fsp3) is 0. The SMILES string of the molecule is c1ccc(N(c2ccc(-c3cccc4ccccc34)cc2)c2cncc3cc4c(cc23)oc2ccccc24)c(-c2cccc3ccccc23)c1. The largest absolute Gasteiger partial charge is 0.456 e. The maximum Gasteiger partial charge on any atom is 0.136 e. The molecule has 2 heterocycles. The Kier molecular flexibility index (Phi) is 6.49. The number of furan rings is 1. The molecule has 0 spiro atoms. The zero-order chi connectivity index (χ0) is 33.0. The summed E-state index contributed by atoms with van der Waals surface area (Å²) in [5, 5.41) is 9.23. The van der Waals surface area contributed by atoms with Crippen molar-refractivity contribution in [2.75, 3.05) is 4.90 Å². The van der Waals surface area contributed by atoms with E-state index in [0.717, 1.165) is 55.3 Å². The molecule has 0 fully saturated rings. The van der Waals surface area contributed by atoms with E-state index >= 15 is 0 Å². The van der Waals surface area contributed by atoms with Crippen molar-refractivity contribution in [1.29, 1.82) is 0 Å². The monoisotopic (exact) mass is 638 g/mol. The molecule has 10 rings (SSSR count). The molecule has 50 heavy (non-hydrogen) atoms. The summed E-state index contributed by atoms with van der Waals surface area (Å²) in [5.41, 5.74) is 9.56. The quantitative estimate of drug-likeness (QED) is 0.188.